The van der Waals surface area contributed by atoms with Crippen molar-refractivity contribution in [3.05, 3.63) is 34.4 Å². The van der Waals surface area contributed by atoms with Crippen molar-refractivity contribution in [2.75, 3.05) is 13.1 Å². The van der Waals surface area contributed by atoms with E-state index in [-0.39, 0.29) is 35.3 Å². The third kappa shape index (κ3) is 5.77. The molecule has 8 heteroatoms. The standard InChI is InChI=1S/C13H16Cl2N2O4/c1-9(14)7-16(8-10(2)15)13(18)21-12-6-4-3-5-11(12)17(19)20/h3-6,9-10H,7-8H2,1-2H3. The second-order valence-corrected chi connectivity index (χ2v) is 6.05. The summed E-state index contributed by atoms with van der Waals surface area (Å²) in [5.41, 5.74) is -0.274. The topological polar surface area (TPSA) is 72.7 Å². The maximum absolute atomic E-state index is 12.1. The van der Waals surface area contributed by atoms with E-state index in [0.717, 1.165) is 0 Å². The molecule has 0 fully saturated rings. The summed E-state index contributed by atoms with van der Waals surface area (Å²) in [6.45, 7) is 3.92. The zero-order valence-electron chi connectivity index (χ0n) is 11.7. The molecule has 1 aromatic rings. The molecule has 0 aliphatic rings. The fourth-order valence-corrected chi connectivity index (χ4v) is 2.02. The zero-order valence-corrected chi connectivity index (χ0v) is 13.2. The van der Waals surface area contributed by atoms with Gasteiger partial charge in [0.25, 0.3) is 0 Å². The van der Waals surface area contributed by atoms with E-state index in [1.807, 2.05) is 0 Å². The number of ether oxygens (including phenoxy) is 1. The van der Waals surface area contributed by atoms with Crippen LogP contribution in [0.5, 0.6) is 5.75 Å². The Balaban J connectivity index is 2.88. The van der Waals surface area contributed by atoms with E-state index in [9.17, 15) is 14.9 Å². The molecule has 2 unspecified atom stereocenters. The minimum absolute atomic E-state index is 0.109. The number of carbonyl (C=O) groups excluding carboxylic acids is 1. The first-order valence-electron chi connectivity index (χ1n) is 6.29. The fraction of sp³-hybridized carbons (Fsp3) is 0.462. The summed E-state index contributed by atoms with van der Waals surface area (Å²) >= 11 is 11.8. The normalized spacial score (nSPS) is 13.3. The first-order chi connectivity index (χ1) is 9.81. The van der Waals surface area contributed by atoms with Crippen LogP contribution in [-0.4, -0.2) is 39.8 Å². The number of amides is 1. The highest BCUT2D eigenvalue weighted by atomic mass is 35.5. The Bertz CT molecular complexity index is 499. The van der Waals surface area contributed by atoms with Gasteiger partial charge in [-0.05, 0) is 19.9 Å². The Morgan fingerprint density at radius 1 is 1.29 bits per heavy atom. The number of nitro benzene ring substituents is 1. The average molecular weight is 335 g/mol. The zero-order chi connectivity index (χ0) is 16.0. The smallest absolute Gasteiger partial charge is 0.403 e. The van der Waals surface area contributed by atoms with E-state index in [1.54, 1.807) is 19.9 Å². The number of nitro groups is 1. The summed E-state index contributed by atoms with van der Waals surface area (Å²) in [5, 5.41) is 10.3. The van der Waals surface area contributed by atoms with E-state index < -0.39 is 11.0 Å². The average Bonchev–Trinajstić information content (AvgIpc) is 2.37. The predicted molar refractivity (Wildman–Crippen MR) is 81.3 cm³/mol. The summed E-state index contributed by atoms with van der Waals surface area (Å²) in [5.74, 6) is -0.109. The van der Waals surface area contributed by atoms with Crippen LogP contribution in [-0.2, 0) is 0 Å². The Kier molecular flexibility index (Phi) is 6.71. The van der Waals surface area contributed by atoms with Gasteiger partial charge < -0.3 is 9.64 Å². The summed E-state index contributed by atoms with van der Waals surface area (Å²) in [6.07, 6.45) is -0.718. The molecular formula is C13H16Cl2N2O4. The van der Waals surface area contributed by atoms with Crippen LogP contribution >= 0.6 is 23.2 Å². The van der Waals surface area contributed by atoms with Gasteiger partial charge in [0.1, 0.15) is 0 Å². The first kappa shape index (κ1) is 17.5. The molecule has 0 aliphatic carbocycles. The van der Waals surface area contributed by atoms with Gasteiger partial charge in [0.05, 0.1) is 4.92 Å². The number of benzene rings is 1. The first-order valence-corrected chi connectivity index (χ1v) is 7.17. The molecule has 0 N–H and O–H groups in total. The third-order valence-corrected chi connectivity index (χ3v) is 2.74. The van der Waals surface area contributed by atoms with Gasteiger partial charge in [0, 0.05) is 29.9 Å². The van der Waals surface area contributed by atoms with Gasteiger partial charge in [-0.15, -0.1) is 23.2 Å². The van der Waals surface area contributed by atoms with Crippen molar-refractivity contribution in [3.63, 3.8) is 0 Å². The Labute approximate surface area is 132 Å². The van der Waals surface area contributed by atoms with Crippen molar-refractivity contribution < 1.29 is 14.5 Å². The van der Waals surface area contributed by atoms with E-state index in [1.165, 1.54) is 23.1 Å². The molecule has 0 heterocycles. The number of hydrogen-bond donors (Lipinski definition) is 0. The molecular weight excluding hydrogens is 319 g/mol. The summed E-state index contributed by atoms with van der Waals surface area (Å²) in [6, 6.07) is 5.67. The molecule has 1 amide bonds. The van der Waals surface area contributed by atoms with Crippen molar-refractivity contribution in [2.24, 2.45) is 0 Å². The summed E-state index contributed by atoms with van der Waals surface area (Å²) < 4.78 is 5.10. The molecule has 1 rings (SSSR count). The molecule has 0 spiro atoms. The van der Waals surface area contributed by atoms with Crippen LogP contribution in [0.2, 0.25) is 0 Å². The Morgan fingerprint density at radius 2 is 1.81 bits per heavy atom. The van der Waals surface area contributed by atoms with Gasteiger partial charge >= 0.3 is 11.8 Å². The minimum atomic E-state index is -0.718. The number of para-hydroxylation sites is 2. The Hall–Kier alpha value is -1.53. The highest BCUT2D eigenvalue weighted by Crippen LogP contribution is 2.26. The Morgan fingerprint density at radius 3 is 2.29 bits per heavy atom. The molecule has 2 atom stereocenters. The van der Waals surface area contributed by atoms with Gasteiger partial charge in [-0.2, -0.15) is 0 Å². The fourth-order valence-electron chi connectivity index (χ4n) is 1.68. The van der Waals surface area contributed by atoms with Crippen LogP contribution in [0.15, 0.2) is 24.3 Å². The maximum Gasteiger partial charge on any atom is 0.415 e. The molecule has 0 aromatic heterocycles. The molecule has 0 saturated heterocycles. The van der Waals surface area contributed by atoms with Gasteiger partial charge in [-0.3, -0.25) is 10.1 Å². The highest BCUT2D eigenvalue weighted by Gasteiger charge is 2.23. The van der Waals surface area contributed by atoms with Crippen molar-refractivity contribution >= 4 is 35.0 Å². The van der Waals surface area contributed by atoms with Crippen LogP contribution < -0.4 is 4.74 Å². The van der Waals surface area contributed by atoms with Crippen LogP contribution in [0.1, 0.15) is 13.8 Å². The lowest BCUT2D eigenvalue weighted by molar-refractivity contribution is -0.385. The van der Waals surface area contributed by atoms with Crippen molar-refractivity contribution in [2.45, 2.75) is 24.6 Å². The molecule has 1 aromatic carbocycles. The lowest BCUT2D eigenvalue weighted by Crippen LogP contribution is -2.40. The second kappa shape index (κ2) is 8.05. The van der Waals surface area contributed by atoms with Gasteiger partial charge in [0.2, 0.25) is 5.75 Å². The largest absolute Gasteiger partial charge is 0.415 e. The predicted octanol–water partition coefficient (Wildman–Crippen LogP) is 3.65. The lowest BCUT2D eigenvalue weighted by Gasteiger charge is -2.24. The number of alkyl halides is 2. The monoisotopic (exact) mass is 334 g/mol. The van der Waals surface area contributed by atoms with Crippen molar-refractivity contribution in [3.8, 4) is 5.75 Å². The quantitative estimate of drug-likeness (QED) is 0.452. The number of rotatable bonds is 6. The van der Waals surface area contributed by atoms with Crippen LogP contribution in [0.4, 0.5) is 10.5 Å². The number of halogens is 2. The van der Waals surface area contributed by atoms with Crippen LogP contribution in [0.25, 0.3) is 0 Å². The second-order valence-electron chi connectivity index (χ2n) is 4.56. The summed E-state index contributed by atoms with van der Waals surface area (Å²) in [7, 11) is 0. The highest BCUT2D eigenvalue weighted by molar-refractivity contribution is 6.21. The van der Waals surface area contributed by atoms with Crippen LogP contribution in [0.3, 0.4) is 0 Å². The molecule has 116 valence electrons. The summed E-state index contributed by atoms with van der Waals surface area (Å²) in [4.78, 5) is 23.7. The molecule has 6 nitrogen and oxygen atoms in total. The van der Waals surface area contributed by atoms with Gasteiger partial charge in [-0.25, -0.2) is 4.79 Å². The SMILES string of the molecule is CC(Cl)CN(CC(C)Cl)C(=O)Oc1ccccc1[N+](=O)[O-]. The van der Waals surface area contributed by atoms with E-state index in [0.29, 0.717) is 0 Å². The number of hydrogen-bond acceptors (Lipinski definition) is 4. The maximum atomic E-state index is 12.1. The van der Waals surface area contributed by atoms with E-state index in [2.05, 4.69) is 0 Å². The third-order valence-electron chi connectivity index (χ3n) is 2.46. The van der Waals surface area contributed by atoms with Gasteiger partial charge in [0.15, 0.2) is 0 Å². The molecule has 21 heavy (non-hydrogen) atoms. The van der Waals surface area contributed by atoms with Gasteiger partial charge in [-0.1, -0.05) is 12.1 Å². The lowest BCUT2D eigenvalue weighted by atomic mass is 10.3. The van der Waals surface area contributed by atoms with Crippen molar-refractivity contribution in [1.82, 2.24) is 4.90 Å². The number of nitrogens with zero attached hydrogens (tertiary/aromatic N) is 2. The molecule has 0 aliphatic heterocycles. The minimum Gasteiger partial charge on any atom is -0.403 e. The van der Waals surface area contributed by atoms with Crippen LogP contribution in [0, 0.1) is 10.1 Å². The van der Waals surface area contributed by atoms with Crippen molar-refractivity contribution in [1.29, 1.82) is 0 Å². The van der Waals surface area contributed by atoms with E-state index >= 15 is 0 Å². The molecule has 0 bridgehead atoms. The molecule has 0 radical (unpaired) electrons. The number of carbonyl (C=O) groups is 1. The molecule has 0 saturated carbocycles. The van der Waals surface area contributed by atoms with E-state index in [4.69, 9.17) is 27.9 Å².